The van der Waals surface area contributed by atoms with Crippen molar-refractivity contribution < 1.29 is 4.42 Å². The van der Waals surface area contributed by atoms with Crippen molar-refractivity contribution in [3.63, 3.8) is 0 Å². The lowest BCUT2D eigenvalue weighted by molar-refractivity contribution is 0.601. The summed E-state index contributed by atoms with van der Waals surface area (Å²) in [6.45, 7) is 11.9. The van der Waals surface area contributed by atoms with E-state index < -0.39 is 0 Å². The Hall–Kier alpha value is -1.76. The lowest BCUT2D eigenvalue weighted by Gasteiger charge is -1.92. The van der Waals surface area contributed by atoms with Gasteiger partial charge < -0.3 is 4.42 Å². The number of fused-ring (bicyclic) bond motifs is 1. The Morgan fingerprint density at radius 1 is 1.24 bits per heavy atom. The lowest BCUT2D eigenvalue weighted by atomic mass is 10.1. The van der Waals surface area contributed by atoms with E-state index in [-0.39, 0.29) is 0 Å². The van der Waals surface area contributed by atoms with Crippen LogP contribution >= 0.6 is 0 Å². The number of benzene rings is 1. The second-order valence-corrected chi connectivity index (χ2v) is 3.54. The quantitative estimate of drug-likeness (QED) is 0.666. The Bertz CT molecular complexity index is 530. The molecule has 1 nitrogen and oxygen atoms in total. The third-order valence-corrected chi connectivity index (χ3v) is 2.50. The first kappa shape index (κ1) is 13.3. The van der Waals surface area contributed by atoms with Gasteiger partial charge in [0.25, 0.3) is 0 Å². The monoisotopic (exact) mass is 228 g/mol. The van der Waals surface area contributed by atoms with E-state index in [9.17, 15) is 0 Å². The van der Waals surface area contributed by atoms with Crippen LogP contribution in [0.5, 0.6) is 0 Å². The third kappa shape index (κ3) is 2.50. The highest BCUT2D eigenvalue weighted by Gasteiger charge is 2.10. The molecule has 1 aromatic heterocycles. The van der Waals surface area contributed by atoms with Crippen LogP contribution < -0.4 is 0 Å². The number of hydrogen-bond donors (Lipinski definition) is 0. The molecule has 2 aromatic rings. The molecule has 0 aliphatic heterocycles. The summed E-state index contributed by atoms with van der Waals surface area (Å²) in [7, 11) is 0. The molecule has 0 radical (unpaired) electrons. The average Bonchev–Trinajstić information content (AvgIpc) is 2.71. The van der Waals surface area contributed by atoms with E-state index in [1.807, 2.05) is 45.1 Å². The number of allylic oxidation sites excluding steroid dienone is 1. The predicted octanol–water partition coefficient (Wildman–Crippen LogP) is 5.44. The normalized spacial score (nSPS) is 10.4. The maximum atomic E-state index is 5.80. The van der Waals surface area contributed by atoms with Crippen LogP contribution in [-0.2, 0) is 0 Å². The molecule has 0 unspecified atom stereocenters. The lowest BCUT2D eigenvalue weighted by Crippen LogP contribution is -1.73. The summed E-state index contributed by atoms with van der Waals surface area (Å²) in [5.74, 6) is 0.886. The third-order valence-electron chi connectivity index (χ3n) is 2.50. The molecule has 2 rings (SSSR count). The van der Waals surface area contributed by atoms with Crippen molar-refractivity contribution in [2.24, 2.45) is 0 Å². The maximum Gasteiger partial charge on any atom is 0.138 e. The van der Waals surface area contributed by atoms with E-state index in [1.165, 1.54) is 0 Å². The van der Waals surface area contributed by atoms with Gasteiger partial charge in [0, 0.05) is 10.9 Å². The molecule has 0 bridgehead atoms. The summed E-state index contributed by atoms with van der Waals surface area (Å²) in [6, 6.07) is 6.16. The highest BCUT2D eigenvalue weighted by molar-refractivity contribution is 5.92. The maximum absolute atomic E-state index is 5.80. The zero-order valence-electron chi connectivity index (χ0n) is 11.1. The van der Waals surface area contributed by atoms with E-state index in [2.05, 4.69) is 25.6 Å². The van der Waals surface area contributed by atoms with Gasteiger partial charge in [-0.15, -0.1) is 0 Å². The molecule has 17 heavy (non-hydrogen) atoms. The van der Waals surface area contributed by atoms with Gasteiger partial charge in [-0.1, -0.05) is 50.8 Å². The summed E-state index contributed by atoms with van der Waals surface area (Å²) in [4.78, 5) is 0. The van der Waals surface area contributed by atoms with Crippen LogP contribution in [0.2, 0.25) is 0 Å². The molecule has 0 saturated carbocycles. The first-order chi connectivity index (χ1) is 8.27. The fraction of sp³-hybridized carbons (Fsp3) is 0.250. The number of furan rings is 1. The minimum Gasteiger partial charge on any atom is -0.456 e. The van der Waals surface area contributed by atoms with Crippen molar-refractivity contribution in [2.75, 3.05) is 0 Å². The van der Waals surface area contributed by atoms with Gasteiger partial charge in [0.1, 0.15) is 11.3 Å². The fourth-order valence-corrected chi connectivity index (χ4v) is 1.78. The van der Waals surface area contributed by atoms with Crippen LogP contribution in [0.15, 0.2) is 35.3 Å². The van der Waals surface area contributed by atoms with Gasteiger partial charge in [0.15, 0.2) is 0 Å². The molecule has 0 aliphatic rings. The summed E-state index contributed by atoms with van der Waals surface area (Å²) >= 11 is 0. The average molecular weight is 228 g/mol. The van der Waals surface area contributed by atoms with Gasteiger partial charge in [-0.25, -0.2) is 0 Å². The van der Waals surface area contributed by atoms with E-state index in [0.717, 1.165) is 27.9 Å². The van der Waals surface area contributed by atoms with E-state index >= 15 is 0 Å². The molecule has 0 saturated heterocycles. The molecule has 0 N–H and O–H groups in total. The molecular formula is C16H20O. The Balaban J connectivity index is 0.000000686. The van der Waals surface area contributed by atoms with Crippen LogP contribution in [0.3, 0.4) is 0 Å². The number of aryl methyl sites for hydroxylation is 1. The summed E-state index contributed by atoms with van der Waals surface area (Å²) < 4.78 is 5.80. The van der Waals surface area contributed by atoms with E-state index in [0.29, 0.717) is 0 Å². The highest BCUT2D eigenvalue weighted by atomic mass is 16.3. The molecular weight excluding hydrogens is 208 g/mol. The zero-order chi connectivity index (χ0) is 12.8. The molecule has 0 amide bonds. The van der Waals surface area contributed by atoms with E-state index in [4.69, 9.17) is 4.42 Å². The van der Waals surface area contributed by atoms with Crippen molar-refractivity contribution in [2.45, 2.75) is 27.7 Å². The van der Waals surface area contributed by atoms with Crippen molar-refractivity contribution in [1.29, 1.82) is 0 Å². The summed E-state index contributed by atoms with van der Waals surface area (Å²) in [5.41, 5.74) is 3.19. The van der Waals surface area contributed by atoms with Crippen LogP contribution in [0.25, 0.3) is 23.1 Å². The molecule has 1 heteroatoms. The first-order valence-electron chi connectivity index (χ1n) is 6.05. The molecule has 1 heterocycles. The topological polar surface area (TPSA) is 13.1 Å². The molecule has 0 atom stereocenters. The van der Waals surface area contributed by atoms with Crippen molar-refractivity contribution in [3.8, 4) is 0 Å². The van der Waals surface area contributed by atoms with Gasteiger partial charge in [0.2, 0.25) is 0 Å². The van der Waals surface area contributed by atoms with Crippen molar-refractivity contribution >= 4 is 23.1 Å². The summed E-state index contributed by atoms with van der Waals surface area (Å²) in [5, 5.41) is 1.14. The molecule has 0 fully saturated rings. The van der Waals surface area contributed by atoms with Gasteiger partial charge >= 0.3 is 0 Å². The zero-order valence-corrected chi connectivity index (χ0v) is 11.1. The Morgan fingerprint density at radius 3 is 2.53 bits per heavy atom. The molecule has 1 aromatic carbocycles. The first-order valence-corrected chi connectivity index (χ1v) is 6.05. The summed E-state index contributed by atoms with van der Waals surface area (Å²) in [6.07, 6.45) is 5.79. The van der Waals surface area contributed by atoms with Crippen molar-refractivity contribution in [3.05, 3.63) is 47.7 Å². The second kappa shape index (κ2) is 6.09. The molecule has 90 valence electrons. The van der Waals surface area contributed by atoms with Crippen molar-refractivity contribution in [1.82, 2.24) is 0 Å². The van der Waals surface area contributed by atoms with Gasteiger partial charge in [-0.3, -0.25) is 0 Å². The second-order valence-electron chi connectivity index (χ2n) is 3.54. The molecule has 0 spiro atoms. The Labute approximate surface area is 103 Å². The number of rotatable bonds is 2. The SMILES string of the molecule is C=Cc1c(/C=C\C)oc2c(C)cccc12.CC. The Morgan fingerprint density at radius 2 is 1.94 bits per heavy atom. The standard InChI is InChI=1S/C14H14O.C2H6/c1-4-7-13-11(5-2)12-9-6-8-10(3)14(12)15-13;1-2/h4-9H,2H2,1,3H3;1-2H3/b7-4-;. The minimum atomic E-state index is 0.886. The van der Waals surface area contributed by atoms with Gasteiger partial charge in [0.05, 0.1) is 0 Å². The smallest absolute Gasteiger partial charge is 0.138 e. The molecule has 0 aliphatic carbocycles. The van der Waals surface area contributed by atoms with Crippen LogP contribution in [-0.4, -0.2) is 0 Å². The van der Waals surface area contributed by atoms with E-state index in [1.54, 1.807) is 0 Å². The minimum absolute atomic E-state index is 0.886. The van der Waals surface area contributed by atoms with Crippen LogP contribution in [0.4, 0.5) is 0 Å². The Kier molecular flexibility index (Phi) is 4.77. The van der Waals surface area contributed by atoms with Crippen LogP contribution in [0.1, 0.15) is 37.7 Å². The fourth-order valence-electron chi connectivity index (χ4n) is 1.78. The number of para-hydroxylation sites is 1. The van der Waals surface area contributed by atoms with Gasteiger partial charge in [-0.05, 0) is 25.5 Å². The number of hydrogen-bond acceptors (Lipinski definition) is 1. The van der Waals surface area contributed by atoms with Crippen LogP contribution in [0, 0.1) is 6.92 Å². The largest absolute Gasteiger partial charge is 0.456 e. The highest BCUT2D eigenvalue weighted by Crippen LogP contribution is 2.29. The van der Waals surface area contributed by atoms with Gasteiger partial charge in [-0.2, -0.15) is 0 Å². The predicted molar refractivity (Wildman–Crippen MR) is 77.1 cm³/mol.